The molecule has 2 amide bonds. The quantitative estimate of drug-likeness (QED) is 0.296. The first-order valence-electron chi connectivity index (χ1n) is 12.2. The molecule has 0 aliphatic heterocycles. The predicted molar refractivity (Wildman–Crippen MR) is 142 cm³/mol. The molecule has 0 atom stereocenters. The second-order valence-electron chi connectivity index (χ2n) is 8.33. The van der Waals surface area contributed by atoms with E-state index < -0.39 is 17.6 Å². The average molecular weight is 534 g/mol. The fourth-order valence-corrected chi connectivity index (χ4v) is 3.89. The van der Waals surface area contributed by atoms with Crippen LogP contribution in [-0.2, 0) is 6.42 Å². The number of nitrogens with one attached hydrogen (secondary N) is 2. The van der Waals surface area contributed by atoms with Gasteiger partial charge >= 0.3 is 0 Å². The number of fused-ring (bicyclic) bond motifs is 1. The minimum absolute atomic E-state index is 0.0652. The van der Waals surface area contributed by atoms with Gasteiger partial charge in [0.1, 0.15) is 11.4 Å². The van der Waals surface area contributed by atoms with E-state index in [1.807, 2.05) is 19.1 Å². The number of para-hydroxylation sites is 1. The molecule has 0 aliphatic carbocycles. The van der Waals surface area contributed by atoms with E-state index in [4.69, 9.17) is 18.6 Å². The molecule has 0 saturated carbocycles. The molecule has 0 unspecified atom stereocenters. The fourth-order valence-electron chi connectivity index (χ4n) is 3.89. The van der Waals surface area contributed by atoms with E-state index in [0.29, 0.717) is 47.8 Å². The van der Waals surface area contributed by atoms with Crippen molar-refractivity contribution in [2.75, 3.05) is 27.4 Å². The molecule has 0 saturated heterocycles. The molecule has 39 heavy (non-hydrogen) atoms. The number of carbonyl (C=O) groups is 2. The maximum atomic E-state index is 13.6. The van der Waals surface area contributed by atoms with Crippen LogP contribution in [0.5, 0.6) is 17.2 Å². The monoisotopic (exact) mass is 533 g/mol. The number of benzene rings is 3. The van der Waals surface area contributed by atoms with E-state index in [1.54, 1.807) is 44.6 Å². The van der Waals surface area contributed by atoms with E-state index in [0.717, 1.165) is 11.6 Å². The van der Waals surface area contributed by atoms with Gasteiger partial charge in [-0.1, -0.05) is 24.3 Å². The van der Waals surface area contributed by atoms with E-state index >= 15 is 0 Å². The first-order valence-corrected chi connectivity index (χ1v) is 12.2. The number of rotatable bonds is 10. The van der Waals surface area contributed by atoms with Crippen LogP contribution in [0, 0.1) is 5.82 Å². The van der Waals surface area contributed by atoms with E-state index in [2.05, 4.69) is 15.8 Å². The average Bonchev–Trinajstić information content (AvgIpc) is 2.95. The summed E-state index contributed by atoms with van der Waals surface area (Å²) in [5.41, 5.74) is 3.66. The van der Waals surface area contributed by atoms with Crippen molar-refractivity contribution in [2.24, 2.45) is 5.10 Å². The van der Waals surface area contributed by atoms with Gasteiger partial charge < -0.3 is 23.9 Å². The Morgan fingerprint density at radius 1 is 0.923 bits per heavy atom. The lowest BCUT2D eigenvalue weighted by Crippen LogP contribution is -2.32. The van der Waals surface area contributed by atoms with Gasteiger partial charge in [0, 0.05) is 17.5 Å². The number of methoxy groups -OCH3 is 2. The Morgan fingerprint density at radius 3 is 2.46 bits per heavy atom. The minimum Gasteiger partial charge on any atom is -0.493 e. The summed E-state index contributed by atoms with van der Waals surface area (Å²) in [6.45, 7) is 2.54. The third-order valence-electron chi connectivity index (χ3n) is 5.78. The first kappa shape index (κ1) is 27.2. The van der Waals surface area contributed by atoms with Crippen LogP contribution >= 0.6 is 0 Å². The SMILES string of the molecule is CCOc1cccc2cc(C(=O)NCCc3ccc(OC)c(OC)c3)c(=NNC(=O)c3cccc(F)c3)oc12. The normalized spacial score (nSPS) is 11.2. The molecule has 2 N–H and O–H groups in total. The number of amides is 2. The zero-order chi connectivity index (χ0) is 27.8. The lowest BCUT2D eigenvalue weighted by molar-refractivity contribution is 0.0934. The van der Waals surface area contributed by atoms with Crippen LogP contribution in [-0.4, -0.2) is 39.2 Å². The van der Waals surface area contributed by atoms with E-state index in [1.165, 1.54) is 18.2 Å². The summed E-state index contributed by atoms with van der Waals surface area (Å²) < 4.78 is 35.8. The number of hydrogen-bond acceptors (Lipinski definition) is 7. The van der Waals surface area contributed by atoms with Gasteiger partial charge in [-0.2, -0.15) is 0 Å². The zero-order valence-electron chi connectivity index (χ0n) is 21.7. The summed E-state index contributed by atoms with van der Waals surface area (Å²) in [5.74, 6) is -0.0161. The van der Waals surface area contributed by atoms with Crippen LogP contribution in [0.15, 0.2) is 76.2 Å². The molecule has 4 rings (SSSR count). The summed E-state index contributed by atoms with van der Waals surface area (Å²) >= 11 is 0. The summed E-state index contributed by atoms with van der Waals surface area (Å²) in [6, 6.07) is 17.6. The zero-order valence-corrected chi connectivity index (χ0v) is 21.7. The molecule has 0 bridgehead atoms. The smallest absolute Gasteiger partial charge is 0.271 e. The third-order valence-corrected chi connectivity index (χ3v) is 5.78. The maximum absolute atomic E-state index is 13.6. The molecule has 0 radical (unpaired) electrons. The van der Waals surface area contributed by atoms with Crippen molar-refractivity contribution in [1.82, 2.24) is 10.7 Å². The molecular weight excluding hydrogens is 505 g/mol. The topological polar surface area (TPSA) is 111 Å². The van der Waals surface area contributed by atoms with Crippen molar-refractivity contribution in [2.45, 2.75) is 13.3 Å². The van der Waals surface area contributed by atoms with Gasteiger partial charge in [0.25, 0.3) is 11.8 Å². The van der Waals surface area contributed by atoms with Crippen molar-refractivity contribution in [3.05, 3.63) is 94.8 Å². The van der Waals surface area contributed by atoms with Crippen LogP contribution in [0.2, 0.25) is 0 Å². The molecule has 0 aliphatic rings. The number of hydrogen-bond donors (Lipinski definition) is 2. The lowest BCUT2D eigenvalue weighted by Gasteiger charge is -2.11. The highest BCUT2D eigenvalue weighted by molar-refractivity contribution is 5.97. The molecule has 1 aromatic heterocycles. The van der Waals surface area contributed by atoms with Crippen LogP contribution in [0.4, 0.5) is 4.39 Å². The lowest BCUT2D eigenvalue weighted by atomic mass is 10.1. The summed E-state index contributed by atoms with van der Waals surface area (Å²) in [5, 5.41) is 7.53. The molecule has 3 aromatic carbocycles. The highest BCUT2D eigenvalue weighted by Crippen LogP contribution is 2.28. The second-order valence-corrected chi connectivity index (χ2v) is 8.33. The molecule has 9 nitrogen and oxygen atoms in total. The highest BCUT2D eigenvalue weighted by atomic mass is 19.1. The Balaban J connectivity index is 1.61. The Labute approximate surface area is 224 Å². The molecule has 0 spiro atoms. The Kier molecular flexibility index (Phi) is 8.78. The number of ether oxygens (including phenoxy) is 3. The molecule has 10 heteroatoms. The van der Waals surface area contributed by atoms with Crippen molar-refractivity contribution in [1.29, 1.82) is 0 Å². The Morgan fingerprint density at radius 2 is 1.72 bits per heavy atom. The largest absolute Gasteiger partial charge is 0.493 e. The first-order chi connectivity index (χ1) is 18.9. The van der Waals surface area contributed by atoms with Gasteiger partial charge in [-0.3, -0.25) is 9.59 Å². The van der Waals surface area contributed by atoms with E-state index in [-0.39, 0.29) is 16.7 Å². The van der Waals surface area contributed by atoms with Crippen LogP contribution in [0.3, 0.4) is 0 Å². The number of halogens is 1. The summed E-state index contributed by atoms with van der Waals surface area (Å²) in [6.07, 6.45) is 0.522. The molecule has 1 heterocycles. The van der Waals surface area contributed by atoms with Gasteiger partial charge in [-0.25, -0.2) is 9.82 Å². The van der Waals surface area contributed by atoms with Crippen LogP contribution < -0.4 is 30.5 Å². The second kappa shape index (κ2) is 12.6. The number of nitrogens with zero attached hydrogens (tertiary/aromatic N) is 1. The van der Waals surface area contributed by atoms with Crippen LogP contribution in [0.1, 0.15) is 33.2 Å². The molecular formula is C29H28FN3O6. The fraction of sp³-hybridized carbons (Fsp3) is 0.207. The maximum Gasteiger partial charge on any atom is 0.271 e. The van der Waals surface area contributed by atoms with E-state index in [9.17, 15) is 14.0 Å². The van der Waals surface area contributed by atoms with Gasteiger partial charge in [0.2, 0.25) is 5.55 Å². The standard InChI is InChI=1S/C29H28FN3O6/c1-4-38-24-10-6-7-19-17-22(28(35)31-14-13-18-11-12-23(36-2)25(15-18)37-3)29(39-26(19)24)33-32-27(34)20-8-5-9-21(30)16-20/h5-12,15-17H,4,13-14H2,1-3H3,(H,31,35)(H,32,34). The van der Waals surface area contributed by atoms with Gasteiger partial charge in [0.05, 0.1) is 20.8 Å². The van der Waals surface area contributed by atoms with Crippen molar-refractivity contribution >= 4 is 22.8 Å². The third kappa shape index (κ3) is 6.53. The molecule has 0 fully saturated rings. The van der Waals surface area contributed by atoms with Crippen LogP contribution in [0.25, 0.3) is 11.0 Å². The minimum atomic E-state index is -0.664. The van der Waals surface area contributed by atoms with Crippen molar-refractivity contribution in [3.8, 4) is 17.2 Å². The van der Waals surface area contributed by atoms with Crippen molar-refractivity contribution < 1.29 is 32.6 Å². The van der Waals surface area contributed by atoms with Gasteiger partial charge in [-0.05, 0) is 61.4 Å². The number of carbonyl (C=O) groups excluding carboxylic acids is 2. The molecule has 202 valence electrons. The van der Waals surface area contributed by atoms with Crippen molar-refractivity contribution in [3.63, 3.8) is 0 Å². The Hall–Kier alpha value is -4.86. The Bertz CT molecular complexity index is 1570. The predicted octanol–water partition coefficient (Wildman–Crippen LogP) is 4.21. The van der Waals surface area contributed by atoms with Gasteiger partial charge in [0.15, 0.2) is 22.8 Å². The molecule has 4 aromatic rings. The summed E-state index contributed by atoms with van der Waals surface area (Å²) in [7, 11) is 3.12. The van der Waals surface area contributed by atoms with Gasteiger partial charge in [-0.15, -0.1) is 5.10 Å². The highest BCUT2D eigenvalue weighted by Gasteiger charge is 2.16. The summed E-state index contributed by atoms with van der Waals surface area (Å²) in [4.78, 5) is 25.8.